The van der Waals surface area contributed by atoms with Gasteiger partial charge in [-0.3, -0.25) is 4.98 Å². The number of hydrogen-bond acceptors (Lipinski definition) is 3. The topological polar surface area (TPSA) is 43.1 Å². The summed E-state index contributed by atoms with van der Waals surface area (Å²) in [6.07, 6.45) is 1.83. The van der Waals surface area contributed by atoms with Crippen LogP contribution in [0, 0.1) is 0 Å². The molecule has 4 heterocycles. The molecule has 12 rings (SSSR count). The van der Waals surface area contributed by atoms with Crippen molar-refractivity contribution in [3.8, 4) is 78.5 Å². The SMILES string of the molecule is c1ccc(-c2ccc3c4cccc5c6cccc(-c7cccc(-c8cccc(-c9nc(-c%10ccccc%10)cc(-c%10cccc(-c%11ccccn%11)c%10)n9)c8)c7)c6n(c3c2)c45)cc1. The molecule has 0 radical (unpaired) electrons. The van der Waals surface area contributed by atoms with Gasteiger partial charge >= 0.3 is 0 Å². The van der Waals surface area contributed by atoms with E-state index in [1.165, 1.54) is 60.3 Å². The first kappa shape index (κ1) is 34.8. The fourth-order valence-electron chi connectivity index (χ4n) is 9.12. The predicted octanol–water partition coefficient (Wildman–Crippen LogP) is 14.7. The lowest BCUT2D eigenvalue weighted by Gasteiger charge is -2.12. The summed E-state index contributed by atoms with van der Waals surface area (Å²) in [4.78, 5) is 15.0. The molecule has 0 N–H and O–H groups in total. The highest BCUT2D eigenvalue weighted by Gasteiger charge is 2.21. The second kappa shape index (κ2) is 14.3. The minimum atomic E-state index is 0.676. The molecule has 0 bridgehead atoms. The number of aromatic nitrogens is 4. The van der Waals surface area contributed by atoms with Crippen LogP contribution in [0.15, 0.2) is 219 Å². The molecule has 4 nitrogen and oxygen atoms in total. The maximum absolute atomic E-state index is 5.22. The van der Waals surface area contributed by atoms with Crippen LogP contribution < -0.4 is 0 Å². The highest BCUT2D eigenvalue weighted by molar-refractivity contribution is 6.25. The van der Waals surface area contributed by atoms with Gasteiger partial charge in [-0.05, 0) is 70.3 Å². The normalized spacial score (nSPS) is 11.6. The van der Waals surface area contributed by atoms with Crippen molar-refractivity contribution in [3.05, 3.63) is 219 Å². The van der Waals surface area contributed by atoms with Crippen LogP contribution in [0.1, 0.15) is 0 Å². The Balaban J connectivity index is 0.984. The molecular formula is C57H36N4. The Hall–Kier alpha value is -8.21. The Kier molecular flexibility index (Phi) is 8.13. The maximum atomic E-state index is 5.22. The molecule has 0 saturated heterocycles. The van der Waals surface area contributed by atoms with Crippen molar-refractivity contribution < 1.29 is 0 Å². The van der Waals surface area contributed by atoms with Crippen molar-refractivity contribution in [1.82, 2.24) is 19.4 Å². The van der Waals surface area contributed by atoms with Gasteiger partial charge in [-0.15, -0.1) is 0 Å². The Morgan fingerprint density at radius 1 is 0.295 bits per heavy atom. The van der Waals surface area contributed by atoms with Crippen molar-refractivity contribution in [2.45, 2.75) is 0 Å². The second-order valence-corrected chi connectivity index (χ2v) is 15.6. The van der Waals surface area contributed by atoms with Crippen LogP contribution in [-0.2, 0) is 0 Å². The summed E-state index contributed by atoms with van der Waals surface area (Å²) in [5.74, 6) is 0.676. The first-order valence-electron chi connectivity index (χ1n) is 20.7. The van der Waals surface area contributed by atoms with E-state index in [4.69, 9.17) is 9.97 Å². The van der Waals surface area contributed by atoms with E-state index in [1.807, 2.05) is 30.5 Å². The van der Waals surface area contributed by atoms with E-state index in [0.717, 1.165) is 50.5 Å². The molecule has 284 valence electrons. The number of pyridine rings is 1. The average Bonchev–Trinajstić information content (AvgIpc) is 3.87. The Morgan fingerprint density at radius 3 is 1.56 bits per heavy atom. The number of benzene rings is 8. The zero-order valence-corrected chi connectivity index (χ0v) is 33.1. The van der Waals surface area contributed by atoms with Crippen LogP contribution in [0.2, 0.25) is 0 Å². The zero-order valence-electron chi connectivity index (χ0n) is 33.1. The van der Waals surface area contributed by atoms with Gasteiger partial charge in [0.15, 0.2) is 5.82 Å². The molecule has 0 atom stereocenters. The smallest absolute Gasteiger partial charge is 0.160 e. The van der Waals surface area contributed by atoms with E-state index in [9.17, 15) is 0 Å². The Labute approximate surface area is 353 Å². The van der Waals surface area contributed by atoms with Gasteiger partial charge in [0.1, 0.15) is 0 Å². The first-order chi connectivity index (χ1) is 30.2. The summed E-state index contributed by atoms with van der Waals surface area (Å²) in [7, 11) is 0. The van der Waals surface area contributed by atoms with Gasteiger partial charge in [0.25, 0.3) is 0 Å². The average molecular weight is 777 g/mol. The van der Waals surface area contributed by atoms with Crippen LogP contribution in [-0.4, -0.2) is 19.4 Å². The lowest BCUT2D eigenvalue weighted by molar-refractivity contribution is 1.18. The lowest BCUT2D eigenvalue weighted by Crippen LogP contribution is -1.96. The van der Waals surface area contributed by atoms with Crippen molar-refractivity contribution in [2.75, 3.05) is 0 Å². The maximum Gasteiger partial charge on any atom is 0.160 e. The zero-order chi connectivity index (χ0) is 40.3. The molecule has 4 heteroatoms. The molecule has 0 saturated carbocycles. The monoisotopic (exact) mass is 776 g/mol. The van der Waals surface area contributed by atoms with E-state index >= 15 is 0 Å². The van der Waals surface area contributed by atoms with Gasteiger partial charge in [0.05, 0.1) is 33.6 Å². The minimum absolute atomic E-state index is 0.676. The van der Waals surface area contributed by atoms with Crippen LogP contribution in [0.25, 0.3) is 117 Å². The van der Waals surface area contributed by atoms with Gasteiger partial charge < -0.3 is 4.40 Å². The van der Waals surface area contributed by atoms with E-state index < -0.39 is 0 Å². The fourth-order valence-corrected chi connectivity index (χ4v) is 9.12. The molecule has 4 aromatic heterocycles. The number of fused-ring (bicyclic) bond motifs is 6. The molecule has 61 heavy (non-hydrogen) atoms. The molecule has 0 aliphatic heterocycles. The number of rotatable bonds is 7. The van der Waals surface area contributed by atoms with Gasteiger partial charge in [-0.1, -0.05) is 170 Å². The first-order valence-corrected chi connectivity index (χ1v) is 20.7. The highest BCUT2D eigenvalue weighted by atomic mass is 14.9. The van der Waals surface area contributed by atoms with Crippen LogP contribution >= 0.6 is 0 Å². The summed E-state index contributed by atoms with van der Waals surface area (Å²) < 4.78 is 2.51. The molecule has 0 fully saturated rings. The molecule has 0 aliphatic rings. The Bertz CT molecular complexity index is 3570. The van der Waals surface area contributed by atoms with Gasteiger partial charge in [-0.25, -0.2) is 9.97 Å². The molecule has 12 aromatic rings. The van der Waals surface area contributed by atoms with Gasteiger partial charge in [0.2, 0.25) is 0 Å². The number of hydrogen-bond donors (Lipinski definition) is 0. The van der Waals surface area contributed by atoms with Gasteiger partial charge in [-0.2, -0.15) is 0 Å². The molecule has 8 aromatic carbocycles. The highest BCUT2D eigenvalue weighted by Crippen LogP contribution is 2.44. The number of para-hydroxylation sites is 2. The largest absolute Gasteiger partial charge is 0.307 e. The second-order valence-electron chi connectivity index (χ2n) is 15.6. The summed E-state index contributed by atoms with van der Waals surface area (Å²) in [5.41, 5.74) is 17.4. The van der Waals surface area contributed by atoms with E-state index in [1.54, 1.807) is 0 Å². The molecule has 0 amide bonds. The lowest BCUT2D eigenvalue weighted by atomic mass is 9.96. The van der Waals surface area contributed by atoms with E-state index in [2.05, 4.69) is 197 Å². The van der Waals surface area contributed by atoms with Crippen LogP contribution in [0.4, 0.5) is 0 Å². The van der Waals surface area contributed by atoms with Crippen LogP contribution in [0.5, 0.6) is 0 Å². The van der Waals surface area contributed by atoms with Gasteiger partial charge in [0, 0.05) is 55.6 Å². The summed E-state index contributed by atoms with van der Waals surface area (Å²) >= 11 is 0. The van der Waals surface area contributed by atoms with E-state index in [0.29, 0.717) is 5.82 Å². The quantitative estimate of drug-likeness (QED) is 0.162. The molecular weight excluding hydrogens is 741 g/mol. The Morgan fingerprint density at radius 2 is 0.820 bits per heavy atom. The molecule has 0 aliphatic carbocycles. The predicted molar refractivity (Wildman–Crippen MR) is 253 cm³/mol. The van der Waals surface area contributed by atoms with Crippen LogP contribution in [0.3, 0.4) is 0 Å². The number of nitrogens with zero attached hydrogens (tertiary/aromatic N) is 4. The van der Waals surface area contributed by atoms with Crippen molar-refractivity contribution in [1.29, 1.82) is 0 Å². The third-order valence-corrected chi connectivity index (χ3v) is 12.0. The summed E-state index contributed by atoms with van der Waals surface area (Å²) in [6.45, 7) is 0. The van der Waals surface area contributed by atoms with Crippen molar-refractivity contribution in [2.24, 2.45) is 0 Å². The van der Waals surface area contributed by atoms with Crippen molar-refractivity contribution in [3.63, 3.8) is 0 Å². The summed E-state index contributed by atoms with van der Waals surface area (Å²) in [5, 5.41) is 5.08. The standard InChI is InChI=1S/C57H36N4/c1-3-14-37(15-4-1)41-29-30-47-48-25-13-27-50-49-26-12-24-46(55(49)61(56(48)50)54(47)35-41)42-20-9-18-39(32-42)40-19-10-23-45(33-40)57-59-52(38-16-5-2-6-17-38)36-53(60-57)44-22-11-21-43(34-44)51-28-7-8-31-58-51/h1-36H. The minimum Gasteiger partial charge on any atom is -0.307 e. The molecule has 0 spiro atoms. The third kappa shape index (κ3) is 5.96. The molecule has 0 unspecified atom stereocenters. The summed E-state index contributed by atoms with van der Waals surface area (Å²) in [6, 6.07) is 75.5. The fraction of sp³-hybridized carbons (Fsp3) is 0. The third-order valence-electron chi connectivity index (χ3n) is 12.0. The van der Waals surface area contributed by atoms with E-state index in [-0.39, 0.29) is 0 Å². The van der Waals surface area contributed by atoms with Crippen molar-refractivity contribution >= 4 is 38.1 Å².